The number of nitrogens with zero attached hydrogens (tertiary/aromatic N) is 1. The molecule has 0 aliphatic carbocycles. The van der Waals surface area contributed by atoms with Crippen molar-refractivity contribution < 1.29 is 32.2 Å². The van der Waals surface area contributed by atoms with E-state index < -0.39 is 17.7 Å². The summed E-state index contributed by atoms with van der Waals surface area (Å²) in [6.07, 6.45) is -3.86. The molecule has 0 bridgehead atoms. The van der Waals surface area contributed by atoms with Crippen LogP contribution in [-0.4, -0.2) is 22.7 Å². The van der Waals surface area contributed by atoms with Crippen LogP contribution in [0.5, 0.6) is 5.75 Å². The number of rotatable bonds is 8. The Bertz CT molecular complexity index is 1090. The van der Waals surface area contributed by atoms with Crippen LogP contribution in [-0.2, 0) is 17.4 Å². The van der Waals surface area contributed by atoms with E-state index >= 15 is 0 Å². The molecule has 2 aromatic carbocycles. The molecule has 0 saturated heterocycles. The Balaban J connectivity index is 1.66. The van der Waals surface area contributed by atoms with Gasteiger partial charge in [0.2, 0.25) is 5.89 Å². The summed E-state index contributed by atoms with van der Waals surface area (Å²) in [5.41, 5.74) is 2.33. The number of alkyl halides is 3. The summed E-state index contributed by atoms with van der Waals surface area (Å²) < 4.78 is 49.9. The number of hydrogen-bond acceptors (Lipinski definition) is 4. The molecule has 0 radical (unpaired) electrons. The zero-order chi connectivity index (χ0) is 23.5. The van der Waals surface area contributed by atoms with E-state index in [4.69, 9.17) is 14.3 Å². The molecule has 1 N–H and O–H groups in total. The smallest absolute Gasteiger partial charge is 0.416 e. The van der Waals surface area contributed by atoms with Gasteiger partial charge in [0.1, 0.15) is 11.5 Å². The number of carboxylic acids is 1. The molecule has 1 heterocycles. The molecule has 3 aromatic rings. The lowest BCUT2D eigenvalue weighted by Crippen LogP contribution is -2.09. The lowest BCUT2D eigenvalue weighted by molar-refractivity contribution is -0.138. The molecule has 0 aliphatic rings. The summed E-state index contributed by atoms with van der Waals surface area (Å²) in [5, 5.41) is 8.83. The lowest BCUT2D eigenvalue weighted by atomic mass is 10.0. The SMILES string of the molecule is Cc1cc(OC[C@@H](C)c2nc(-c3ccc(C(F)(F)F)cc3)oc2C)ccc1CCC(=O)O. The molecule has 1 atom stereocenters. The number of benzene rings is 2. The van der Waals surface area contributed by atoms with Crippen LogP contribution in [0.15, 0.2) is 46.9 Å². The molecule has 5 nitrogen and oxygen atoms in total. The predicted octanol–water partition coefficient (Wildman–Crippen LogP) is 6.18. The first-order valence-electron chi connectivity index (χ1n) is 10.1. The third-order valence-corrected chi connectivity index (χ3v) is 5.18. The Morgan fingerprint density at radius 3 is 2.44 bits per heavy atom. The molecule has 32 heavy (non-hydrogen) atoms. The maximum atomic E-state index is 12.8. The normalized spacial score (nSPS) is 12.6. The van der Waals surface area contributed by atoms with Gasteiger partial charge in [-0.3, -0.25) is 4.79 Å². The van der Waals surface area contributed by atoms with E-state index in [2.05, 4.69) is 4.98 Å². The van der Waals surface area contributed by atoms with Gasteiger partial charge in [-0.05, 0) is 67.8 Å². The molecule has 0 unspecified atom stereocenters. The van der Waals surface area contributed by atoms with Crippen molar-refractivity contribution in [1.82, 2.24) is 4.98 Å². The van der Waals surface area contributed by atoms with Gasteiger partial charge in [0.25, 0.3) is 0 Å². The average molecular weight is 447 g/mol. The van der Waals surface area contributed by atoms with Crippen molar-refractivity contribution in [3.8, 4) is 17.2 Å². The minimum atomic E-state index is -4.39. The molecule has 3 rings (SSSR count). The lowest BCUT2D eigenvalue weighted by Gasteiger charge is -2.13. The minimum absolute atomic E-state index is 0.0742. The molecule has 170 valence electrons. The van der Waals surface area contributed by atoms with Crippen molar-refractivity contribution in [3.63, 3.8) is 0 Å². The maximum absolute atomic E-state index is 12.8. The van der Waals surface area contributed by atoms with Crippen LogP contribution >= 0.6 is 0 Å². The third kappa shape index (κ3) is 5.69. The van der Waals surface area contributed by atoms with Crippen LogP contribution in [0.3, 0.4) is 0 Å². The highest BCUT2D eigenvalue weighted by molar-refractivity contribution is 5.67. The standard InChI is InChI=1S/C24H24F3NO4/c1-14-12-20(10-6-17(14)7-11-21(29)30)31-13-15(2)22-16(3)32-23(28-22)18-4-8-19(9-5-18)24(25,26)27/h4-6,8-10,12,15H,7,11,13H2,1-3H3,(H,29,30)/t15-/m1/s1. The predicted molar refractivity (Wildman–Crippen MR) is 113 cm³/mol. The van der Waals surface area contributed by atoms with E-state index in [1.807, 2.05) is 26.0 Å². The van der Waals surface area contributed by atoms with Crippen molar-refractivity contribution in [3.05, 3.63) is 70.6 Å². The molecular weight excluding hydrogens is 423 g/mol. The van der Waals surface area contributed by atoms with Crippen LogP contribution in [0, 0.1) is 13.8 Å². The quantitative estimate of drug-likeness (QED) is 0.447. The fourth-order valence-corrected chi connectivity index (χ4v) is 3.37. The summed E-state index contributed by atoms with van der Waals surface area (Å²) >= 11 is 0. The summed E-state index contributed by atoms with van der Waals surface area (Å²) in [6, 6.07) is 10.2. The van der Waals surface area contributed by atoms with Crippen molar-refractivity contribution in [2.24, 2.45) is 0 Å². The number of aromatic nitrogens is 1. The first-order chi connectivity index (χ1) is 15.0. The Morgan fingerprint density at radius 1 is 1.16 bits per heavy atom. The second-order valence-corrected chi connectivity index (χ2v) is 7.73. The molecular formula is C24H24F3NO4. The molecule has 0 spiro atoms. The van der Waals surface area contributed by atoms with E-state index in [0.717, 1.165) is 23.3 Å². The van der Waals surface area contributed by atoms with Gasteiger partial charge in [-0.25, -0.2) is 4.98 Å². The van der Waals surface area contributed by atoms with Gasteiger partial charge in [0, 0.05) is 17.9 Å². The highest BCUT2D eigenvalue weighted by atomic mass is 19.4. The highest BCUT2D eigenvalue weighted by Gasteiger charge is 2.30. The number of hydrogen-bond donors (Lipinski definition) is 1. The summed E-state index contributed by atoms with van der Waals surface area (Å²) in [6.45, 7) is 5.92. The van der Waals surface area contributed by atoms with E-state index in [1.54, 1.807) is 13.0 Å². The second kappa shape index (κ2) is 9.46. The van der Waals surface area contributed by atoms with Gasteiger partial charge >= 0.3 is 12.1 Å². The van der Waals surface area contributed by atoms with E-state index in [1.165, 1.54) is 12.1 Å². The molecule has 0 aliphatic heterocycles. The minimum Gasteiger partial charge on any atom is -0.493 e. The first kappa shape index (κ1) is 23.4. The largest absolute Gasteiger partial charge is 0.493 e. The maximum Gasteiger partial charge on any atom is 0.416 e. The Hall–Kier alpha value is -3.29. The van der Waals surface area contributed by atoms with Crippen LogP contribution < -0.4 is 4.74 Å². The Kier molecular flexibility index (Phi) is 6.91. The zero-order valence-corrected chi connectivity index (χ0v) is 18.0. The van der Waals surface area contributed by atoms with Crippen molar-refractivity contribution in [2.45, 2.75) is 45.7 Å². The average Bonchev–Trinajstić information content (AvgIpc) is 3.12. The fourth-order valence-electron chi connectivity index (χ4n) is 3.37. The van der Waals surface area contributed by atoms with Gasteiger partial charge < -0.3 is 14.3 Å². The number of aliphatic carboxylic acids is 1. The van der Waals surface area contributed by atoms with Gasteiger partial charge in [0.05, 0.1) is 17.9 Å². The third-order valence-electron chi connectivity index (χ3n) is 5.18. The van der Waals surface area contributed by atoms with E-state index in [9.17, 15) is 18.0 Å². The topological polar surface area (TPSA) is 72.6 Å². The Labute approximate surface area is 183 Å². The fraction of sp³-hybridized carbons (Fsp3) is 0.333. The summed E-state index contributed by atoms with van der Waals surface area (Å²) in [4.78, 5) is 15.2. The number of carbonyl (C=O) groups is 1. The molecule has 8 heteroatoms. The molecule has 1 aromatic heterocycles. The number of aryl methyl sites for hydroxylation is 3. The van der Waals surface area contributed by atoms with Crippen LogP contribution in [0.4, 0.5) is 13.2 Å². The number of ether oxygens (including phenoxy) is 1. The molecule has 0 fully saturated rings. The highest BCUT2D eigenvalue weighted by Crippen LogP contribution is 2.32. The van der Waals surface area contributed by atoms with Crippen LogP contribution in [0.2, 0.25) is 0 Å². The van der Waals surface area contributed by atoms with Gasteiger partial charge in [0.15, 0.2) is 0 Å². The van der Waals surface area contributed by atoms with Gasteiger partial charge in [-0.2, -0.15) is 13.2 Å². The van der Waals surface area contributed by atoms with Crippen LogP contribution in [0.25, 0.3) is 11.5 Å². The van der Waals surface area contributed by atoms with Gasteiger partial charge in [-0.15, -0.1) is 0 Å². The van der Waals surface area contributed by atoms with E-state index in [0.29, 0.717) is 35.8 Å². The van der Waals surface area contributed by atoms with Crippen molar-refractivity contribution in [1.29, 1.82) is 0 Å². The van der Waals surface area contributed by atoms with Gasteiger partial charge in [-0.1, -0.05) is 13.0 Å². The molecule has 0 amide bonds. The van der Waals surface area contributed by atoms with Crippen molar-refractivity contribution >= 4 is 5.97 Å². The zero-order valence-electron chi connectivity index (χ0n) is 18.0. The number of oxazole rings is 1. The summed E-state index contributed by atoms with van der Waals surface area (Å²) in [7, 11) is 0. The van der Waals surface area contributed by atoms with E-state index in [-0.39, 0.29) is 18.2 Å². The Morgan fingerprint density at radius 2 is 1.84 bits per heavy atom. The van der Waals surface area contributed by atoms with Crippen molar-refractivity contribution in [2.75, 3.05) is 6.61 Å². The monoisotopic (exact) mass is 447 g/mol. The number of halogens is 3. The first-order valence-corrected chi connectivity index (χ1v) is 10.1. The van der Waals surface area contributed by atoms with Crippen LogP contribution in [0.1, 0.15) is 47.4 Å². The number of carboxylic acid groups (broad SMARTS) is 1. The second-order valence-electron chi connectivity index (χ2n) is 7.73. The molecule has 0 saturated carbocycles. The summed E-state index contributed by atoms with van der Waals surface area (Å²) in [5.74, 6) is 0.552.